The quantitative estimate of drug-likeness (QED) is 0.590. The predicted octanol–water partition coefficient (Wildman–Crippen LogP) is 0.293. The van der Waals surface area contributed by atoms with Crippen molar-refractivity contribution in [1.29, 1.82) is 0 Å². The van der Waals surface area contributed by atoms with Gasteiger partial charge in [0.05, 0.1) is 0 Å². The normalized spacial score (nSPS) is 22.7. The van der Waals surface area contributed by atoms with E-state index >= 15 is 0 Å². The molecule has 1 aliphatic heterocycles. The number of hydrogen-bond acceptors (Lipinski definition) is 3. The predicted molar refractivity (Wildman–Crippen MR) is 68.5 cm³/mol. The summed E-state index contributed by atoms with van der Waals surface area (Å²) < 4.78 is 0. The lowest BCUT2D eigenvalue weighted by molar-refractivity contribution is -0.141. The van der Waals surface area contributed by atoms with E-state index in [0.29, 0.717) is 5.69 Å². The van der Waals surface area contributed by atoms with Gasteiger partial charge in [-0.25, -0.2) is 4.79 Å². The second-order valence-electron chi connectivity index (χ2n) is 4.64. The zero-order chi connectivity index (χ0) is 13.6. The molecule has 1 aliphatic rings. The van der Waals surface area contributed by atoms with Crippen LogP contribution in [0.5, 0.6) is 0 Å². The highest BCUT2D eigenvalue weighted by Crippen LogP contribution is 2.29. The van der Waals surface area contributed by atoms with Gasteiger partial charge in [0.2, 0.25) is 5.91 Å². The second kappa shape index (κ2) is 4.10. The van der Waals surface area contributed by atoms with Gasteiger partial charge in [-0.15, -0.1) is 0 Å². The minimum absolute atomic E-state index is 0.230. The Labute approximate surface area is 108 Å². The van der Waals surface area contributed by atoms with E-state index in [-0.39, 0.29) is 6.42 Å². The summed E-state index contributed by atoms with van der Waals surface area (Å²) in [5.41, 5.74) is 8.14. The van der Waals surface area contributed by atoms with Crippen LogP contribution in [-0.2, 0) is 16.0 Å². The standard InChI is InChI=1S/C13H13N3O3/c14-10-11-7(5-9(13(18)19)16-12(10)17)6-3-1-2-4-8(6)15-11/h1-4,9-10,15H,5,14H2,(H,16,17)(H,18,19). The third-order valence-electron chi connectivity index (χ3n) is 3.46. The van der Waals surface area contributed by atoms with E-state index in [4.69, 9.17) is 10.8 Å². The zero-order valence-corrected chi connectivity index (χ0v) is 10.0. The Kier molecular flexibility index (Phi) is 2.53. The SMILES string of the molecule is NC1C(=O)NC(C(=O)O)Cc2c1[nH]c1ccccc21. The maximum Gasteiger partial charge on any atom is 0.326 e. The highest BCUT2D eigenvalue weighted by molar-refractivity contribution is 5.93. The van der Waals surface area contributed by atoms with Crippen molar-refractivity contribution in [3.8, 4) is 0 Å². The van der Waals surface area contributed by atoms with E-state index in [0.717, 1.165) is 16.5 Å². The van der Waals surface area contributed by atoms with Gasteiger partial charge in [0.15, 0.2) is 0 Å². The Bertz CT molecular complexity index is 677. The van der Waals surface area contributed by atoms with Gasteiger partial charge in [0, 0.05) is 23.0 Å². The Balaban J connectivity index is 2.21. The van der Waals surface area contributed by atoms with Crippen molar-refractivity contribution in [1.82, 2.24) is 10.3 Å². The first-order chi connectivity index (χ1) is 9.08. The third-order valence-corrected chi connectivity index (χ3v) is 3.46. The average molecular weight is 259 g/mol. The van der Waals surface area contributed by atoms with Crippen molar-refractivity contribution in [2.45, 2.75) is 18.5 Å². The lowest BCUT2D eigenvalue weighted by atomic mass is 10.0. The number of hydrogen-bond donors (Lipinski definition) is 4. The van der Waals surface area contributed by atoms with Crippen molar-refractivity contribution in [2.75, 3.05) is 0 Å². The molecule has 2 aromatic rings. The molecule has 0 saturated heterocycles. The number of H-pyrrole nitrogens is 1. The number of aliphatic carboxylic acids is 1. The maximum atomic E-state index is 11.8. The molecule has 1 aromatic carbocycles. The molecule has 2 heterocycles. The van der Waals surface area contributed by atoms with E-state index in [1.165, 1.54) is 0 Å². The number of benzene rings is 1. The Morgan fingerprint density at radius 1 is 1.37 bits per heavy atom. The fourth-order valence-corrected chi connectivity index (χ4v) is 2.50. The van der Waals surface area contributed by atoms with Gasteiger partial charge in [0.25, 0.3) is 0 Å². The number of carboxylic acid groups (broad SMARTS) is 1. The number of carbonyl (C=O) groups excluding carboxylic acids is 1. The monoisotopic (exact) mass is 259 g/mol. The highest BCUT2D eigenvalue weighted by atomic mass is 16.4. The van der Waals surface area contributed by atoms with E-state index in [1.54, 1.807) is 0 Å². The largest absolute Gasteiger partial charge is 0.480 e. The molecule has 0 fully saturated rings. The molecule has 0 radical (unpaired) electrons. The minimum Gasteiger partial charge on any atom is -0.480 e. The van der Waals surface area contributed by atoms with Crippen molar-refractivity contribution < 1.29 is 14.7 Å². The molecule has 5 N–H and O–H groups in total. The van der Waals surface area contributed by atoms with Gasteiger partial charge in [-0.1, -0.05) is 18.2 Å². The lowest BCUT2D eigenvalue weighted by Gasteiger charge is -2.11. The first kappa shape index (κ1) is 11.7. The molecule has 0 aliphatic carbocycles. The van der Waals surface area contributed by atoms with Gasteiger partial charge < -0.3 is 21.1 Å². The molecule has 2 unspecified atom stereocenters. The maximum absolute atomic E-state index is 11.8. The number of carbonyl (C=O) groups is 2. The molecule has 19 heavy (non-hydrogen) atoms. The number of nitrogens with two attached hydrogens (primary N) is 1. The van der Waals surface area contributed by atoms with E-state index in [2.05, 4.69) is 10.3 Å². The van der Waals surface area contributed by atoms with Crippen LogP contribution in [0.3, 0.4) is 0 Å². The minimum atomic E-state index is -1.06. The zero-order valence-electron chi connectivity index (χ0n) is 10.0. The summed E-state index contributed by atoms with van der Waals surface area (Å²) in [5, 5.41) is 12.5. The molecule has 1 aromatic heterocycles. The number of fused-ring (bicyclic) bond motifs is 3. The summed E-state index contributed by atoms with van der Waals surface area (Å²) >= 11 is 0. The van der Waals surface area contributed by atoms with E-state index in [9.17, 15) is 9.59 Å². The molecular weight excluding hydrogens is 246 g/mol. The topological polar surface area (TPSA) is 108 Å². The van der Waals surface area contributed by atoms with Gasteiger partial charge in [-0.2, -0.15) is 0 Å². The number of rotatable bonds is 1. The van der Waals surface area contributed by atoms with Crippen LogP contribution in [0.2, 0.25) is 0 Å². The Morgan fingerprint density at radius 3 is 2.84 bits per heavy atom. The fraction of sp³-hybridized carbons (Fsp3) is 0.231. The van der Waals surface area contributed by atoms with Gasteiger partial charge in [-0.3, -0.25) is 4.79 Å². The van der Waals surface area contributed by atoms with Gasteiger partial charge in [-0.05, 0) is 11.6 Å². The summed E-state index contributed by atoms with van der Waals surface area (Å²) in [4.78, 5) is 26.1. The van der Waals surface area contributed by atoms with E-state index in [1.807, 2.05) is 24.3 Å². The van der Waals surface area contributed by atoms with Crippen LogP contribution in [-0.4, -0.2) is 28.0 Å². The molecular formula is C13H13N3O3. The van der Waals surface area contributed by atoms with Crippen molar-refractivity contribution in [3.05, 3.63) is 35.5 Å². The van der Waals surface area contributed by atoms with Crippen molar-refractivity contribution >= 4 is 22.8 Å². The fourth-order valence-electron chi connectivity index (χ4n) is 2.50. The molecule has 0 saturated carbocycles. The second-order valence-corrected chi connectivity index (χ2v) is 4.64. The number of aromatic amines is 1. The summed E-state index contributed by atoms with van der Waals surface area (Å²) in [5.74, 6) is -1.53. The third kappa shape index (κ3) is 1.77. The molecule has 1 amide bonds. The average Bonchev–Trinajstić information content (AvgIpc) is 2.70. The van der Waals surface area contributed by atoms with Crippen LogP contribution < -0.4 is 11.1 Å². The van der Waals surface area contributed by atoms with E-state index < -0.39 is 24.0 Å². The summed E-state index contributed by atoms with van der Waals surface area (Å²) in [6, 6.07) is 5.71. The number of nitrogens with one attached hydrogen (secondary N) is 2. The van der Waals surface area contributed by atoms with Crippen LogP contribution in [0.4, 0.5) is 0 Å². The molecule has 2 atom stereocenters. The Morgan fingerprint density at radius 2 is 2.11 bits per heavy atom. The molecule has 0 bridgehead atoms. The van der Waals surface area contributed by atoms with Gasteiger partial charge >= 0.3 is 5.97 Å². The number of aromatic nitrogens is 1. The number of carboxylic acids is 1. The smallest absolute Gasteiger partial charge is 0.326 e. The highest BCUT2D eigenvalue weighted by Gasteiger charge is 2.32. The lowest BCUT2D eigenvalue weighted by Crippen LogP contribution is -2.43. The molecule has 6 nitrogen and oxygen atoms in total. The summed E-state index contributed by atoms with van der Waals surface area (Å²) in [6.07, 6.45) is 0.230. The van der Waals surface area contributed by atoms with Crippen LogP contribution in [0.25, 0.3) is 10.9 Å². The Hall–Kier alpha value is -2.34. The van der Waals surface area contributed by atoms with Crippen LogP contribution >= 0.6 is 0 Å². The van der Waals surface area contributed by atoms with Gasteiger partial charge in [0.1, 0.15) is 12.1 Å². The first-order valence-corrected chi connectivity index (χ1v) is 5.96. The number of para-hydroxylation sites is 1. The first-order valence-electron chi connectivity index (χ1n) is 5.96. The molecule has 6 heteroatoms. The van der Waals surface area contributed by atoms with Crippen LogP contribution in [0.1, 0.15) is 17.3 Å². The van der Waals surface area contributed by atoms with Crippen LogP contribution in [0.15, 0.2) is 24.3 Å². The molecule has 0 spiro atoms. The molecule has 98 valence electrons. The van der Waals surface area contributed by atoms with Crippen molar-refractivity contribution in [3.63, 3.8) is 0 Å². The summed E-state index contributed by atoms with van der Waals surface area (Å²) in [6.45, 7) is 0. The summed E-state index contributed by atoms with van der Waals surface area (Å²) in [7, 11) is 0. The number of amides is 1. The molecule has 3 rings (SSSR count). The van der Waals surface area contributed by atoms with Crippen LogP contribution in [0, 0.1) is 0 Å². The van der Waals surface area contributed by atoms with Crippen molar-refractivity contribution in [2.24, 2.45) is 5.73 Å².